The molecule has 0 spiro atoms. The lowest BCUT2D eigenvalue weighted by atomic mass is 9.94. The van der Waals surface area contributed by atoms with Gasteiger partial charge in [-0.25, -0.2) is 0 Å². The zero-order valence-electron chi connectivity index (χ0n) is 22.0. The van der Waals surface area contributed by atoms with Gasteiger partial charge in [-0.1, -0.05) is 49.7 Å². The predicted octanol–water partition coefficient (Wildman–Crippen LogP) is 7.40. The molecule has 0 saturated carbocycles. The molecule has 0 aliphatic carbocycles. The number of aliphatic hydroxyl groups is 1. The van der Waals surface area contributed by atoms with Gasteiger partial charge >= 0.3 is 0 Å². The Labute approximate surface area is 231 Å². The molecule has 1 unspecified atom stereocenters. The highest BCUT2D eigenvalue weighted by Gasteiger charge is 2.45. The number of fused-ring (bicyclic) bond motifs is 1. The Morgan fingerprint density at radius 2 is 1.85 bits per heavy atom. The molecule has 0 saturated heterocycles. The number of Topliss-reactive ketones (excluding diaryl/α,β-unsaturated/α-hetero) is 1. The van der Waals surface area contributed by atoms with Crippen LogP contribution in [-0.4, -0.2) is 30.5 Å². The van der Waals surface area contributed by atoms with Crippen LogP contribution in [0, 0.1) is 0 Å². The second kappa shape index (κ2) is 10.5. The van der Waals surface area contributed by atoms with Crippen LogP contribution >= 0.6 is 11.6 Å². The molecule has 1 aromatic heterocycles. The van der Waals surface area contributed by atoms with E-state index in [-0.39, 0.29) is 11.3 Å². The molecule has 39 heavy (non-hydrogen) atoms. The van der Waals surface area contributed by atoms with Crippen molar-refractivity contribution in [3.8, 4) is 11.5 Å². The van der Waals surface area contributed by atoms with Crippen LogP contribution in [0.4, 0.5) is 5.69 Å². The summed E-state index contributed by atoms with van der Waals surface area (Å²) in [5.41, 5.74) is 2.50. The Bertz CT molecular complexity index is 1600. The van der Waals surface area contributed by atoms with Gasteiger partial charge in [-0.3, -0.25) is 14.5 Å². The minimum absolute atomic E-state index is 0.0529. The van der Waals surface area contributed by atoms with E-state index in [1.807, 2.05) is 31.2 Å². The van der Waals surface area contributed by atoms with Gasteiger partial charge in [-0.2, -0.15) is 0 Å². The summed E-state index contributed by atoms with van der Waals surface area (Å²) in [5.74, 6) is -0.742. The van der Waals surface area contributed by atoms with Gasteiger partial charge in [0.25, 0.3) is 5.91 Å². The van der Waals surface area contributed by atoms with Gasteiger partial charge in [0.2, 0.25) is 5.78 Å². The third-order valence-electron chi connectivity index (χ3n) is 6.77. The molecule has 1 aliphatic rings. The molecular weight excluding hydrogens is 518 g/mol. The molecule has 3 aromatic carbocycles. The summed E-state index contributed by atoms with van der Waals surface area (Å²) < 4.78 is 17.0. The van der Waals surface area contributed by atoms with Crippen molar-refractivity contribution in [1.82, 2.24) is 0 Å². The van der Waals surface area contributed by atoms with Crippen LogP contribution in [0.2, 0.25) is 5.02 Å². The third-order valence-corrected chi connectivity index (χ3v) is 6.98. The Hall–Kier alpha value is -4.23. The number of furan rings is 1. The molecular formula is C31H28ClNO6. The molecule has 7 nitrogen and oxygen atoms in total. The van der Waals surface area contributed by atoms with Gasteiger partial charge in [0.15, 0.2) is 22.9 Å². The van der Waals surface area contributed by atoms with Crippen molar-refractivity contribution in [2.45, 2.75) is 32.7 Å². The van der Waals surface area contributed by atoms with E-state index < -0.39 is 23.5 Å². The Morgan fingerprint density at radius 1 is 1.10 bits per heavy atom. The van der Waals surface area contributed by atoms with E-state index in [0.29, 0.717) is 51.3 Å². The number of benzene rings is 3. The van der Waals surface area contributed by atoms with E-state index in [1.165, 1.54) is 18.1 Å². The van der Waals surface area contributed by atoms with Crippen molar-refractivity contribution in [1.29, 1.82) is 0 Å². The lowest BCUT2D eigenvalue weighted by molar-refractivity contribution is -0.117. The fourth-order valence-corrected chi connectivity index (χ4v) is 5.08. The maximum absolute atomic E-state index is 14.0. The highest BCUT2D eigenvalue weighted by Crippen LogP contribution is 2.44. The average Bonchev–Trinajstić information content (AvgIpc) is 3.47. The average molecular weight is 546 g/mol. The van der Waals surface area contributed by atoms with E-state index in [9.17, 15) is 14.7 Å². The standard InChI is InChI=1S/C31H28ClNO6/c1-5-38-23-8-6-7-19(14-23)27-26(28(34)24-15-20-13-21(32)16-25(37-4)30(20)39-24)29(35)31(36)33(27)22-11-9-18(10-12-22)17(2)3/h6-17,27,35H,5H2,1-4H3. The van der Waals surface area contributed by atoms with Crippen molar-refractivity contribution >= 4 is 39.9 Å². The molecule has 4 aromatic rings. The van der Waals surface area contributed by atoms with Crippen LogP contribution in [-0.2, 0) is 4.79 Å². The maximum atomic E-state index is 14.0. The Kier molecular flexibility index (Phi) is 7.10. The first kappa shape index (κ1) is 26.4. The maximum Gasteiger partial charge on any atom is 0.294 e. The molecule has 5 rings (SSSR count). The van der Waals surface area contributed by atoms with Crippen LogP contribution in [0.5, 0.6) is 11.5 Å². The van der Waals surface area contributed by atoms with Gasteiger partial charge in [0.1, 0.15) is 5.75 Å². The Morgan fingerprint density at radius 3 is 2.51 bits per heavy atom. The molecule has 1 amide bonds. The molecule has 1 N–H and O–H groups in total. The number of hydrogen-bond donors (Lipinski definition) is 1. The summed E-state index contributed by atoms with van der Waals surface area (Å²) in [7, 11) is 1.48. The first-order valence-electron chi connectivity index (χ1n) is 12.6. The number of aliphatic hydroxyl groups excluding tert-OH is 1. The molecule has 1 aliphatic heterocycles. The van der Waals surface area contributed by atoms with Crippen molar-refractivity contribution in [3.05, 3.63) is 100.0 Å². The lowest BCUT2D eigenvalue weighted by Gasteiger charge is -2.27. The number of rotatable bonds is 8. The van der Waals surface area contributed by atoms with E-state index in [2.05, 4.69) is 13.8 Å². The second-order valence-electron chi connectivity index (χ2n) is 9.56. The smallest absolute Gasteiger partial charge is 0.294 e. The molecule has 8 heteroatoms. The van der Waals surface area contributed by atoms with Crippen molar-refractivity contribution in [3.63, 3.8) is 0 Å². The normalized spacial score (nSPS) is 15.5. The number of carbonyl (C=O) groups is 2. The largest absolute Gasteiger partial charge is 0.503 e. The summed E-state index contributed by atoms with van der Waals surface area (Å²) >= 11 is 6.20. The van der Waals surface area contributed by atoms with Gasteiger partial charge in [-0.05, 0) is 60.4 Å². The fourth-order valence-electron chi connectivity index (χ4n) is 4.86. The number of halogens is 1. The van der Waals surface area contributed by atoms with Gasteiger partial charge in [-0.15, -0.1) is 0 Å². The number of methoxy groups -OCH3 is 1. The van der Waals surface area contributed by atoms with Crippen LogP contribution in [0.25, 0.3) is 11.0 Å². The SMILES string of the molecule is CCOc1cccc(C2C(C(=O)c3cc4cc(Cl)cc(OC)c4o3)=C(O)C(=O)N2c2ccc(C(C)C)cc2)c1. The minimum Gasteiger partial charge on any atom is -0.503 e. The number of ketones is 1. The zero-order valence-corrected chi connectivity index (χ0v) is 22.8. The minimum atomic E-state index is -0.922. The van der Waals surface area contributed by atoms with E-state index in [0.717, 1.165) is 5.56 Å². The summed E-state index contributed by atoms with van der Waals surface area (Å²) in [4.78, 5) is 29.0. The van der Waals surface area contributed by atoms with Crippen molar-refractivity contribution < 1.29 is 28.6 Å². The van der Waals surface area contributed by atoms with Crippen LogP contribution < -0.4 is 14.4 Å². The van der Waals surface area contributed by atoms with Crippen LogP contribution in [0.15, 0.2) is 82.5 Å². The topological polar surface area (TPSA) is 89.2 Å². The molecule has 2 heterocycles. The fraction of sp³-hybridized carbons (Fsp3) is 0.226. The number of nitrogens with zero attached hydrogens (tertiary/aromatic N) is 1. The first-order chi connectivity index (χ1) is 18.7. The molecule has 0 bridgehead atoms. The molecule has 0 fully saturated rings. The highest BCUT2D eigenvalue weighted by molar-refractivity contribution is 6.31. The van der Waals surface area contributed by atoms with Gasteiger partial charge in [0.05, 0.1) is 25.3 Å². The third kappa shape index (κ3) is 4.74. The zero-order chi connectivity index (χ0) is 27.8. The first-order valence-corrected chi connectivity index (χ1v) is 13.0. The number of hydrogen-bond acceptors (Lipinski definition) is 6. The molecule has 0 radical (unpaired) electrons. The van der Waals surface area contributed by atoms with Crippen LogP contribution in [0.3, 0.4) is 0 Å². The summed E-state index contributed by atoms with van der Waals surface area (Å²) in [6, 6.07) is 18.5. The quantitative estimate of drug-likeness (QED) is 0.232. The van der Waals surface area contributed by atoms with Gasteiger partial charge in [0, 0.05) is 22.2 Å². The summed E-state index contributed by atoms with van der Waals surface area (Å²) in [6.45, 7) is 6.48. The van der Waals surface area contributed by atoms with E-state index in [1.54, 1.807) is 36.4 Å². The number of anilines is 1. The van der Waals surface area contributed by atoms with Crippen LogP contribution in [0.1, 0.15) is 54.4 Å². The monoisotopic (exact) mass is 545 g/mol. The second-order valence-corrected chi connectivity index (χ2v) is 9.99. The Balaban J connectivity index is 1.65. The van der Waals surface area contributed by atoms with E-state index in [4.69, 9.17) is 25.5 Å². The van der Waals surface area contributed by atoms with Gasteiger partial charge < -0.3 is 19.0 Å². The summed E-state index contributed by atoms with van der Waals surface area (Å²) in [5, 5.41) is 12.1. The van der Waals surface area contributed by atoms with Crippen molar-refractivity contribution in [2.75, 3.05) is 18.6 Å². The number of ether oxygens (including phenoxy) is 2. The summed E-state index contributed by atoms with van der Waals surface area (Å²) in [6.07, 6.45) is 0. The lowest BCUT2D eigenvalue weighted by Crippen LogP contribution is -2.31. The number of carbonyl (C=O) groups excluding carboxylic acids is 2. The molecule has 200 valence electrons. The predicted molar refractivity (Wildman–Crippen MR) is 150 cm³/mol. The molecule has 1 atom stereocenters. The number of amides is 1. The van der Waals surface area contributed by atoms with E-state index >= 15 is 0 Å². The van der Waals surface area contributed by atoms with Crippen molar-refractivity contribution in [2.24, 2.45) is 0 Å². The highest BCUT2D eigenvalue weighted by atomic mass is 35.5.